The van der Waals surface area contributed by atoms with E-state index in [4.69, 9.17) is 5.73 Å². The summed E-state index contributed by atoms with van der Waals surface area (Å²) in [6, 6.07) is 0. The van der Waals surface area contributed by atoms with Gasteiger partial charge in [-0.1, -0.05) is 6.92 Å². The average molecular weight is 248 g/mol. The van der Waals surface area contributed by atoms with Crippen LogP contribution in [0.2, 0.25) is 0 Å². The molecule has 100 valence electrons. The second-order valence-electron chi connectivity index (χ2n) is 5.06. The summed E-state index contributed by atoms with van der Waals surface area (Å²) in [5, 5.41) is 2.82. The predicted octanol–water partition coefficient (Wildman–Crippen LogP) is 1.91. The van der Waals surface area contributed by atoms with E-state index < -0.39 is 5.92 Å². The Labute approximate surface area is 101 Å². The quantitative estimate of drug-likeness (QED) is 0.781. The molecule has 1 fully saturated rings. The zero-order chi connectivity index (χ0) is 12.9. The van der Waals surface area contributed by atoms with Gasteiger partial charge < -0.3 is 11.1 Å². The topological polar surface area (TPSA) is 55.1 Å². The first-order valence-corrected chi connectivity index (χ1v) is 6.30. The van der Waals surface area contributed by atoms with Crippen LogP contribution in [0.1, 0.15) is 39.0 Å². The molecule has 1 amide bonds. The first-order valence-electron chi connectivity index (χ1n) is 6.30. The molecule has 0 heterocycles. The summed E-state index contributed by atoms with van der Waals surface area (Å²) in [7, 11) is 0. The van der Waals surface area contributed by atoms with E-state index in [1.165, 1.54) is 0 Å². The van der Waals surface area contributed by atoms with Crippen molar-refractivity contribution in [3.05, 3.63) is 0 Å². The van der Waals surface area contributed by atoms with Crippen molar-refractivity contribution in [3.8, 4) is 0 Å². The van der Waals surface area contributed by atoms with Gasteiger partial charge in [-0.15, -0.1) is 0 Å². The van der Waals surface area contributed by atoms with Crippen LogP contribution in [0, 0.1) is 11.8 Å². The van der Waals surface area contributed by atoms with Crippen LogP contribution in [-0.4, -0.2) is 24.9 Å². The molecule has 1 unspecified atom stereocenters. The largest absolute Gasteiger partial charge is 0.356 e. The first kappa shape index (κ1) is 14.4. The van der Waals surface area contributed by atoms with Gasteiger partial charge >= 0.3 is 0 Å². The number of carbonyl (C=O) groups is 1. The highest BCUT2D eigenvalue weighted by atomic mass is 19.3. The van der Waals surface area contributed by atoms with Crippen molar-refractivity contribution < 1.29 is 13.6 Å². The number of carbonyl (C=O) groups excluding carboxylic acids is 1. The maximum Gasteiger partial charge on any atom is 0.248 e. The Morgan fingerprint density at radius 2 is 2.06 bits per heavy atom. The van der Waals surface area contributed by atoms with Crippen LogP contribution < -0.4 is 11.1 Å². The molecule has 1 aliphatic rings. The number of halogens is 2. The van der Waals surface area contributed by atoms with Crippen molar-refractivity contribution in [2.24, 2.45) is 17.6 Å². The van der Waals surface area contributed by atoms with E-state index in [9.17, 15) is 13.6 Å². The van der Waals surface area contributed by atoms with Crippen LogP contribution in [0.15, 0.2) is 0 Å². The van der Waals surface area contributed by atoms with Crippen molar-refractivity contribution in [3.63, 3.8) is 0 Å². The molecule has 1 aliphatic carbocycles. The molecule has 17 heavy (non-hydrogen) atoms. The van der Waals surface area contributed by atoms with E-state index in [-0.39, 0.29) is 24.7 Å². The van der Waals surface area contributed by atoms with E-state index >= 15 is 0 Å². The molecule has 0 aromatic carbocycles. The van der Waals surface area contributed by atoms with Gasteiger partial charge in [-0.3, -0.25) is 4.79 Å². The monoisotopic (exact) mass is 248 g/mol. The van der Waals surface area contributed by atoms with Gasteiger partial charge in [0.25, 0.3) is 0 Å². The highest BCUT2D eigenvalue weighted by Crippen LogP contribution is 2.36. The Morgan fingerprint density at radius 1 is 1.47 bits per heavy atom. The maximum atomic E-state index is 12.9. The number of nitrogens with one attached hydrogen (secondary N) is 1. The number of hydrogen-bond acceptors (Lipinski definition) is 2. The second-order valence-corrected chi connectivity index (χ2v) is 5.06. The van der Waals surface area contributed by atoms with Gasteiger partial charge in [-0.05, 0) is 31.7 Å². The van der Waals surface area contributed by atoms with Gasteiger partial charge in [-0.2, -0.15) is 0 Å². The molecule has 0 saturated heterocycles. The molecule has 1 atom stereocenters. The number of amides is 1. The van der Waals surface area contributed by atoms with Gasteiger partial charge in [0.1, 0.15) is 0 Å². The molecule has 0 spiro atoms. The second kappa shape index (κ2) is 6.28. The summed E-state index contributed by atoms with van der Waals surface area (Å²) in [5.41, 5.74) is 5.41. The lowest BCUT2D eigenvalue weighted by Crippen LogP contribution is -2.37. The standard InChI is InChI=1S/C12H22F2N2O/c1-9(4-7-15)8-16-11(17)10-2-5-12(13,14)6-3-10/h9-10H,2-8,15H2,1H3,(H,16,17). The molecular formula is C12H22F2N2O. The van der Waals surface area contributed by atoms with Gasteiger partial charge in [0.15, 0.2) is 0 Å². The fourth-order valence-electron chi connectivity index (χ4n) is 2.11. The Bertz CT molecular complexity index is 249. The van der Waals surface area contributed by atoms with E-state index in [1.54, 1.807) is 0 Å². The fraction of sp³-hybridized carbons (Fsp3) is 0.917. The third-order valence-corrected chi connectivity index (χ3v) is 3.37. The van der Waals surface area contributed by atoms with Crippen molar-refractivity contribution in [2.45, 2.75) is 45.0 Å². The normalized spacial score (nSPS) is 22.1. The summed E-state index contributed by atoms with van der Waals surface area (Å²) in [6.07, 6.45) is 1.13. The minimum absolute atomic E-state index is 0.0793. The molecule has 3 nitrogen and oxygen atoms in total. The van der Waals surface area contributed by atoms with Crippen LogP contribution >= 0.6 is 0 Å². The van der Waals surface area contributed by atoms with Crippen LogP contribution in [0.4, 0.5) is 8.78 Å². The molecule has 0 bridgehead atoms. The summed E-state index contributed by atoms with van der Waals surface area (Å²) >= 11 is 0. The molecule has 1 rings (SSSR count). The van der Waals surface area contributed by atoms with Crippen LogP contribution in [-0.2, 0) is 4.79 Å². The third kappa shape index (κ3) is 4.98. The molecule has 1 saturated carbocycles. The summed E-state index contributed by atoms with van der Waals surface area (Å²) in [6.45, 7) is 3.21. The Morgan fingerprint density at radius 3 is 2.59 bits per heavy atom. The van der Waals surface area contributed by atoms with Gasteiger partial charge in [0.2, 0.25) is 11.8 Å². The zero-order valence-electron chi connectivity index (χ0n) is 10.3. The predicted molar refractivity (Wildman–Crippen MR) is 62.8 cm³/mol. The smallest absolute Gasteiger partial charge is 0.248 e. The van der Waals surface area contributed by atoms with Gasteiger partial charge in [-0.25, -0.2) is 8.78 Å². The van der Waals surface area contributed by atoms with Crippen LogP contribution in [0.5, 0.6) is 0 Å². The number of alkyl halides is 2. The highest BCUT2D eigenvalue weighted by molar-refractivity contribution is 5.78. The number of hydrogen-bond donors (Lipinski definition) is 2. The summed E-state index contributed by atoms with van der Waals surface area (Å²) in [5.74, 6) is -2.54. The van der Waals surface area contributed by atoms with Gasteiger partial charge in [0, 0.05) is 25.3 Å². The van der Waals surface area contributed by atoms with Gasteiger partial charge in [0.05, 0.1) is 0 Å². The third-order valence-electron chi connectivity index (χ3n) is 3.37. The molecule has 3 N–H and O–H groups in total. The molecule has 0 radical (unpaired) electrons. The number of nitrogens with two attached hydrogens (primary N) is 1. The van der Waals surface area contributed by atoms with Crippen molar-refractivity contribution in [2.75, 3.05) is 13.1 Å². The SMILES string of the molecule is CC(CCN)CNC(=O)C1CCC(F)(F)CC1. The molecule has 0 aromatic heterocycles. The molecule has 0 aliphatic heterocycles. The Hall–Kier alpha value is -0.710. The first-order chi connectivity index (χ1) is 7.94. The lowest BCUT2D eigenvalue weighted by Gasteiger charge is -2.27. The molecule has 0 aromatic rings. The Kier molecular flexibility index (Phi) is 5.31. The molecular weight excluding hydrogens is 226 g/mol. The maximum absolute atomic E-state index is 12.9. The minimum Gasteiger partial charge on any atom is -0.356 e. The lowest BCUT2D eigenvalue weighted by atomic mass is 9.86. The fourth-order valence-corrected chi connectivity index (χ4v) is 2.11. The lowest BCUT2D eigenvalue weighted by molar-refractivity contribution is -0.129. The van der Waals surface area contributed by atoms with Crippen molar-refractivity contribution in [1.29, 1.82) is 0 Å². The molecule has 5 heteroatoms. The average Bonchev–Trinajstić information content (AvgIpc) is 2.26. The Balaban J connectivity index is 2.25. The zero-order valence-corrected chi connectivity index (χ0v) is 10.3. The van der Waals surface area contributed by atoms with E-state index in [0.29, 0.717) is 31.8 Å². The summed E-state index contributed by atoms with van der Waals surface area (Å²) in [4.78, 5) is 11.7. The van der Waals surface area contributed by atoms with E-state index in [0.717, 1.165) is 6.42 Å². The highest BCUT2D eigenvalue weighted by Gasteiger charge is 2.37. The van der Waals surface area contributed by atoms with Crippen LogP contribution in [0.3, 0.4) is 0 Å². The van der Waals surface area contributed by atoms with Crippen LogP contribution in [0.25, 0.3) is 0 Å². The van der Waals surface area contributed by atoms with E-state index in [2.05, 4.69) is 5.32 Å². The van der Waals surface area contributed by atoms with E-state index in [1.807, 2.05) is 6.92 Å². The minimum atomic E-state index is -2.57. The summed E-state index contributed by atoms with van der Waals surface area (Å²) < 4.78 is 25.8. The van der Waals surface area contributed by atoms with Crippen molar-refractivity contribution in [1.82, 2.24) is 5.32 Å². The number of rotatable bonds is 5. The van der Waals surface area contributed by atoms with Crippen molar-refractivity contribution >= 4 is 5.91 Å².